The summed E-state index contributed by atoms with van der Waals surface area (Å²) in [6, 6.07) is 1.74. The molecule has 0 unspecified atom stereocenters. The van der Waals surface area contributed by atoms with Crippen molar-refractivity contribution in [3.63, 3.8) is 0 Å². The fourth-order valence-electron chi connectivity index (χ4n) is 1.59. The SMILES string of the molecule is CC(C)(C)c1cc(N2CCCNC2=O)no1. The second-order valence-corrected chi connectivity index (χ2v) is 5.04. The van der Waals surface area contributed by atoms with Crippen molar-refractivity contribution in [1.29, 1.82) is 0 Å². The normalized spacial score (nSPS) is 17.4. The van der Waals surface area contributed by atoms with Crippen LogP contribution in [0.15, 0.2) is 10.6 Å². The number of nitrogens with zero attached hydrogens (tertiary/aromatic N) is 2. The third kappa shape index (κ3) is 2.03. The lowest BCUT2D eigenvalue weighted by molar-refractivity contribution is 0.242. The quantitative estimate of drug-likeness (QED) is 0.791. The standard InChI is InChI=1S/C11H17N3O2/c1-11(2,3)8-7-9(13-16-8)14-6-4-5-12-10(14)15/h7H,4-6H2,1-3H3,(H,12,15). The van der Waals surface area contributed by atoms with E-state index in [-0.39, 0.29) is 11.4 Å². The van der Waals surface area contributed by atoms with Gasteiger partial charge in [-0.05, 0) is 6.42 Å². The Morgan fingerprint density at radius 2 is 2.25 bits per heavy atom. The number of hydrogen-bond acceptors (Lipinski definition) is 3. The highest BCUT2D eigenvalue weighted by molar-refractivity contribution is 5.91. The lowest BCUT2D eigenvalue weighted by Gasteiger charge is -2.24. The number of urea groups is 1. The van der Waals surface area contributed by atoms with Gasteiger partial charge >= 0.3 is 6.03 Å². The van der Waals surface area contributed by atoms with E-state index >= 15 is 0 Å². The van der Waals surface area contributed by atoms with Crippen molar-refractivity contribution < 1.29 is 9.32 Å². The number of aromatic nitrogens is 1. The molecule has 2 amide bonds. The molecule has 1 aliphatic rings. The van der Waals surface area contributed by atoms with Gasteiger partial charge in [0.25, 0.3) is 0 Å². The Hall–Kier alpha value is -1.52. The van der Waals surface area contributed by atoms with E-state index in [9.17, 15) is 4.79 Å². The Morgan fingerprint density at radius 1 is 1.50 bits per heavy atom. The van der Waals surface area contributed by atoms with E-state index in [4.69, 9.17) is 4.52 Å². The molecule has 0 aromatic carbocycles. The summed E-state index contributed by atoms with van der Waals surface area (Å²) < 4.78 is 5.26. The second-order valence-electron chi connectivity index (χ2n) is 5.04. The van der Waals surface area contributed by atoms with Crippen molar-refractivity contribution >= 4 is 11.8 Å². The molecule has 5 nitrogen and oxygen atoms in total. The van der Waals surface area contributed by atoms with Crippen LogP contribution in [0.2, 0.25) is 0 Å². The molecule has 0 aliphatic carbocycles. The van der Waals surface area contributed by atoms with Crippen LogP contribution in [0, 0.1) is 0 Å². The summed E-state index contributed by atoms with van der Waals surface area (Å²) in [5, 5.41) is 6.73. The monoisotopic (exact) mass is 223 g/mol. The average molecular weight is 223 g/mol. The van der Waals surface area contributed by atoms with Gasteiger partial charge in [0, 0.05) is 24.6 Å². The number of anilines is 1. The molecule has 0 spiro atoms. The van der Waals surface area contributed by atoms with E-state index < -0.39 is 0 Å². The van der Waals surface area contributed by atoms with Crippen LogP contribution in [0.4, 0.5) is 10.6 Å². The Balaban J connectivity index is 2.21. The van der Waals surface area contributed by atoms with Crippen LogP contribution in [0.5, 0.6) is 0 Å². The minimum Gasteiger partial charge on any atom is -0.359 e. The fraction of sp³-hybridized carbons (Fsp3) is 0.636. The smallest absolute Gasteiger partial charge is 0.323 e. The zero-order valence-corrected chi connectivity index (χ0v) is 9.91. The van der Waals surface area contributed by atoms with E-state index in [1.807, 2.05) is 26.8 Å². The van der Waals surface area contributed by atoms with E-state index in [0.29, 0.717) is 12.4 Å². The van der Waals surface area contributed by atoms with Crippen LogP contribution in [0.25, 0.3) is 0 Å². The molecule has 1 saturated heterocycles. The van der Waals surface area contributed by atoms with E-state index in [2.05, 4.69) is 10.5 Å². The maximum atomic E-state index is 11.6. The molecule has 1 N–H and O–H groups in total. The van der Waals surface area contributed by atoms with Gasteiger partial charge in [-0.15, -0.1) is 0 Å². The summed E-state index contributed by atoms with van der Waals surface area (Å²) in [6.07, 6.45) is 0.934. The predicted octanol–water partition coefficient (Wildman–Crippen LogP) is 1.89. The molecule has 16 heavy (non-hydrogen) atoms. The van der Waals surface area contributed by atoms with Gasteiger partial charge in [0.1, 0.15) is 5.76 Å². The number of nitrogens with one attached hydrogen (secondary N) is 1. The van der Waals surface area contributed by atoms with Crippen molar-refractivity contribution in [2.75, 3.05) is 18.0 Å². The molecule has 0 saturated carbocycles. The lowest BCUT2D eigenvalue weighted by atomic mass is 9.93. The summed E-state index contributed by atoms with van der Waals surface area (Å²) in [4.78, 5) is 13.2. The van der Waals surface area contributed by atoms with Crippen LogP contribution >= 0.6 is 0 Å². The highest BCUT2D eigenvalue weighted by atomic mass is 16.5. The first-order valence-electron chi connectivity index (χ1n) is 5.51. The number of carbonyl (C=O) groups is 1. The number of hydrogen-bond donors (Lipinski definition) is 1. The van der Waals surface area contributed by atoms with Crippen molar-refractivity contribution in [1.82, 2.24) is 10.5 Å². The van der Waals surface area contributed by atoms with Crippen molar-refractivity contribution in [3.8, 4) is 0 Å². The summed E-state index contributed by atoms with van der Waals surface area (Å²) >= 11 is 0. The molecule has 5 heteroatoms. The first-order chi connectivity index (χ1) is 7.48. The number of carbonyl (C=O) groups excluding carboxylic acids is 1. The lowest BCUT2D eigenvalue weighted by Crippen LogP contribution is -2.46. The van der Waals surface area contributed by atoms with Crippen LogP contribution < -0.4 is 10.2 Å². The molecule has 88 valence electrons. The third-order valence-electron chi connectivity index (χ3n) is 2.59. The van der Waals surface area contributed by atoms with Gasteiger partial charge in [-0.1, -0.05) is 25.9 Å². The molecule has 0 atom stereocenters. The van der Waals surface area contributed by atoms with Crippen LogP contribution in [0.3, 0.4) is 0 Å². The highest BCUT2D eigenvalue weighted by Gasteiger charge is 2.25. The summed E-state index contributed by atoms with van der Waals surface area (Å²) in [6.45, 7) is 7.58. The van der Waals surface area contributed by atoms with E-state index in [0.717, 1.165) is 18.7 Å². The van der Waals surface area contributed by atoms with Gasteiger partial charge in [-0.25, -0.2) is 4.79 Å². The maximum absolute atomic E-state index is 11.6. The predicted molar refractivity (Wildman–Crippen MR) is 60.6 cm³/mol. The number of rotatable bonds is 1. The van der Waals surface area contributed by atoms with Gasteiger partial charge in [0.2, 0.25) is 0 Å². The van der Waals surface area contributed by atoms with E-state index in [1.54, 1.807) is 4.90 Å². The average Bonchev–Trinajstić information content (AvgIpc) is 2.66. The fourth-order valence-corrected chi connectivity index (χ4v) is 1.59. The van der Waals surface area contributed by atoms with Crippen molar-refractivity contribution in [2.24, 2.45) is 0 Å². The summed E-state index contributed by atoms with van der Waals surface area (Å²) in [5.74, 6) is 1.39. The summed E-state index contributed by atoms with van der Waals surface area (Å²) in [5.41, 5.74) is -0.0858. The zero-order chi connectivity index (χ0) is 11.8. The molecule has 0 radical (unpaired) electrons. The molecule has 2 rings (SSSR count). The molecule has 0 bridgehead atoms. The Labute approximate surface area is 94.8 Å². The Kier molecular flexibility index (Phi) is 2.61. The van der Waals surface area contributed by atoms with Crippen molar-refractivity contribution in [3.05, 3.63) is 11.8 Å². The molecule has 2 heterocycles. The summed E-state index contributed by atoms with van der Waals surface area (Å²) in [7, 11) is 0. The first kappa shape index (κ1) is 11.0. The molecule has 1 aromatic heterocycles. The number of amides is 2. The largest absolute Gasteiger partial charge is 0.359 e. The van der Waals surface area contributed by atoms with Crippen LogP contribution in [-0.2, 0) is 5.41 Å². The van der Waals surface area contributed by atoms with Gasteiger partial charge in [-0.2, -0.15) is 0 Å². The third-order valence-corrected chi connectivity index (χ3v) is 2.59. The van der Waals surface area contributed by atoms with Gasteiger partial charge in [0.15, 0.2) is 5.82 Å². The van der Waals surface area contributed by atoms with Crippen LogP contribution in [-0.4, -0.2) is 24.3 Å². The van der Waals surface area contributed by atoms with Gasteiger partial charge in [-0.3, -0.25) is 4.90 Å². The Morgan fingerprint density at radius 3 is 2.81 bits per heavy atom. The second kappa shape index (κ2) is 3.81. The molecular weight excluding hydrogens is 206 g/mol. The van der Waals surface area contributed by atoms with Gasteiger partial charge in [0.05, 0.1) is 0 Å². The molecule has 1 aliphatic heterocycles. The molecular formula is C11H17N3O2. The maximum Gasteiger partial charge on any atom is 0.323 e. The highest BCUT2D eigenvalue weighted by Crippen LogP contribution is 2.26. The zero-order valence-electron chi connectivity index (χ0n) is 9.91. The minimum absolute atomic E-state index is 0.0858. The Bertz CT molecular complexity index is 392. The van der Waals surface area contributed by atoms with Gasteiger partial charge < -0.3 is 9.84 Å². The van der Waals surface area contributed by atoms with Crippen LogP contribution in [0.1, 0.15) is 33.0 Å². The van der Waals surface area contributed by atoms with E-state index in [1.165, 1.54) is 0 Å². The molecule has 1 aromatic rings. The molecule has 1 fully saturated rings. The first-order valence-corrected chi connectivity index (χ1v) is 5.51. The minimum atomic E-state index is -0.0972. The topological polar surface area (TPSA) is 58.4 Å². The van der Waals surface area contributed by atoms with Crippen molar-refractivity contribution in [2.45, 2.75) is 32.6 Å².